The minimum absolute atomic E-state index is 0.0285. The molecule has 1 aromatic heterocycles. The monoisotopic (exact) mass is 364 g/mol. The van der Waals surface area contributed by atoms with Crippen molar-refractivity contribution >= 4 is 27.3 Å². The van der Waals surface area contributed by atoms with E-state index in [1.165, 1.54) is 23.5 Å². The van der Waals surface area contributed by atoms with E-state index in [2.05, 4.69) is 15.9 Å². The third-order valence-electron chi connectivity index (χ3n) is 2.99. The highest BCUT2D eigenvalue weighted by Crippen LogP contribution is 2.38. The van der Waals surface area contributed by atoms with Crippen LogP contribution in [0.1, 0.15) is 32.5 Å². The molecular formula is C14H12BrF3OS. The average molecular weight is 365 g/mol. The SMILES string of the molecule is Cc1cc(C(O)c2ccc(Br)c(C(F)(F)F)c2)c(C)s1. The molecule has 0 aliphatic carbocycles. The molecule has 1 heterocycles. The van der Waals surface area contributed by atoms with Crippen LogP contribution < -0.4 is 0 Å². The summed E-state index contributed by atoms with van der Waals surface area (Å²) < 4.78 is 38.6. The van der Waals surface area contributed by atoms with Gasteiger partial charge in [-0.15, -0.1) is 11.3 Å². The van der Waals surface area contributed by atoms with Crippen LogP contribution in [0.25, 0.3) is 0 Å². The molecule has 0 aliphatic heterocycles. The summed E-state index contributed by atoms with van der Waals surface area (Å²) in [4.78, 5) is 1.93. The van der Waals surface area contributed by atoms with Gasteiger partial charge >= 0.3 is 6.18 Å². The fraction of sp³-hybridized carbons (Fsp3) is 0.286. The highest BCUT2D eigenvalue weighted by Gasteiger charge is 2.33. The van der Waals surface area contributed by atoms with Gasteiger partial charge in [-0.3, -0.25) is 0 Å². The Bertz CT molecular complexity index is 634. The topological polar surface area (TPSA) is 20.2 Å². The van der Waals surface area contributed by atoms with E-state index >= 15 is 0 Å². The fourth-order valence-electron chi connectivity index (χ4n) is 2.03. The van der Waals surface area contributed by atoms with Crippen molar-refractivity contribution < 1.29 is 18.3 Å². The van der Waals surface area contributed by atoms with Gasteiger partial charge < -0.3 is 5.11 Å². The molecule has 0 aliphatic rings. The van der Waals surface area contributed by atoms with E-state index in [1.807, 2.05) is 13.8 Å². The molecule has 2 aromatic rings. The zero-order valence-electron chi connectivity index (χ0n) is 10.8. The summed E-state index contributed by atoms with van der Waals surface area (Å²) in [5, 5.41) is 10.3. The molecule has 1 N–H and O–H groups in total. The van der Waals surface area contributed by atoms with E-state index in [9.17, 15) is 18.3 Å². The van der Waals surface area contributed by atoms with Crippen LogP contribution in [0, 0.1) is 13.8 Å². The largest absolute Gasteiger partial charge is 0.417 e. The first-order valence-corrected chi connectivity index (χ1v) is 7.42. The molecule has 0 radical (unpaired) electrons. The average Bonchev–Trinajstić information content (AvgIpc) is 2.66. The summed E-state index contributed by atoms with van der Waals surface area (Å²) in [5.74, 6) is 0. The van der Waals surface area contributed by atoms with Crippen molar-refractivity contribution in [2.24, 2.45) is 0 Å². The Labute approximate surface area is 127 Å². The number of aliphatic hydroxyl groups excluding tert-OH is 1. The summed E-state index contributed by atoms with van der Waals surface area (Å²) >= 11 is 4.40. The van der Waals surface area contributed by atoms with Gasteiger partial charge in [-0.25, -0.2) is 0 Å². The first-order valence-electron chi connectivity index (χ1n) is 5.82. The quantitative estimate of drug-likeness (QED) is 0.773. The summed E-state index contributed by atoms with van der Waals surface area (Å²) in [6, 6.07) is 5.60. The smallest absolute Gasteiger partial charge is 0.384 e. The number of halogens is 4. The molecular weight excluding hydrogens is 353 g/mol. The number of thiophene rings is 1. The third kappa shape index (κ3) is 3.07. The standard InChI is InChI=1S/C14H12BrF3OS/c1-7-5-10(8(2)20-7)13(19)9-3-4-12(15)11(6-9)14(16,17)18/h3-6,13,19H,1-2H3. The second-order valence-corrected chi connectivity index (χ2v) is 6.82. The second kappa shape index (κ2) is 5.50. The Hall–Kier alpha value is -0.850. The Morgan fingerprint density at radius 1 is 1.20 bits per heavy atom. The first kappa shape index (κ1) is 15.5. The van der Waals surface area contributed by atoms with E-state index in [1.54, 1.807) is 6.07 Å². The van der Waals surface area contributed by atoms with Gasteiger partial charge in [-0.05, 0) is 43.2 Å². The van der Waals surface area contributed by atoms with Crippen molar-refractivity contribution in [1.82, 2.24) is 0 Å². The second-order valence-electron chi connectivity index (χ2n) is 4.51. The van der Waals surface area contributed by atoms with E-state index in [4.69, 9.17) is 0 Å². The van der Waals surface area contributed by atoms with Crippen molar-refractivity contribution in [1.29, 1.82) is 0 Å². The lowest BCUT2D eigenvalue weighted by atomic mass is 10.00. The summed E-state index contributed by atoms with van der Waals surface area (Å²) in [5.41, 5.74) is 0.114. The van der Waals surface area contributed by atoms with Crippen LogP contribution in [0.2, 0.25) is 0 Å². The fourth-order valence-corrected chi connectivity index (χ4v) is 3.46. The van der Waals surface area contributed by atoms with Crippen molar-refractivity contribution in [2.45, 2.75) is 26.1 Å². The molecule has 2 rings (SSSR count). The van der Waals surface area contributed by atoms with Gasteiger partial charge in [0.1, 0.15) is 6.10 Å². The van der Waals surface area contributed by atoms with Crippen LogP contribution in [-0.4, -0.2) is 5.11 Å². The van der Waals surface area contributed by atoms with Gasteiger partial charge in [0.25, 0.3) is 0 Å². The molecule has 0 saturated carbocycles. The molecule has 108 valence electrons. The summed E-state index contributed by atoms with van der Waals surface area (Å²) in [7, 11) is 0. The Balaban J connectivity index is 2.46. The lowest BCUT2D eigenvalue weighted by Crippen LogP contribution is -2.08. The minimum Gasteiger partial charge on any atom is -0.384 e. The molecule has 0 bridgehead atoms. The number of aryl methyl sites for hydroxylation is 2. The zero-order valence-corrected chi connectivity index (χ0v) is 13.2. The van der Waals surface area contributed by atoms with Gasteiger partial charge in [0, 0.05) is 14.2 Å². The highest BCUT2D eigenvalue weighted by atomic mass is 79.9. The van der Waals surface area contributed by atoms with Crippen molar-refractivity contribution in [2.75, 3.05) is 0 Å². The lowest BCUT2D eigenvalue weighted by Gasteiger charge is -2.15. The number of hydrogen-bond donors (Lipinski definition) is 1. The number of hydrogen-bond acceptors (Lipinski definition) is 2. The third-order valence-corrected chi connectivity index (χ3v) is 4.66. The Morgan fingerprint density at radius 2 is 1.85 bits per heavy atom. The molecule has 6 heteroatoms. The first-order chi connectivity index (χ1) is 9.20. The van der Waals surface area contributed by atoms with Gasteiger partial charge in [0.2, 0.25) is 0 Å². The molecule has 1 aromatic carbocycles. The maximum Gasteiger partial charge on any atom is 0.417 e. The van der Waals surface area contributed by atoms with Crippen molar-refractivity contribution in [3.05, 3.63) is 55.2 Å². The predicted octanol–water partition coefficient (Wildman–Crippen LogP) is 5.23. The summed E-state index contributed by atoms with van der Waals surface area (Å²) in [6.45, 7) is 3.75. The van der Waals surface area contributed by atoms with Crippen LogP contribution in [0.5, 0.6) is 0 Å². The Kier molecular flexibility index (Phi) is 4.27. The van der Waals surface area contributed by atoms with Gasteiger partial charge in [0.05, 0.1) is 5.56 Å². The van der Waals surface area contributed by atoms with Crippen LogP contribution >= 0.6 is 27.3 Å². The minimum atomic E-state index is -4.45. The number of benzene rings is 1. The van der Waals surface area contributed by atoms with Crippen LogP contribution in [0.15, 0.2) is 28.7 Å². The molecule has 1 unspecified atom stereocenters. The molecule has 0 saturated heterocycles. The van der Waals surface area contributed by atoms with Crippen molar-refractivity contribution in [3.8, 4) is 0 Å². The van der Waals surface area contributed by atoms with Crippen molar-refractivity contribution in [3.63, 3.8) is 0 Å². The molecule has 0 spiro atoms. The van der Waals surface area contributed by atoms with Crippen LogP contribution in [-0.2, 0) is 6.18 Å². The van der Waals surface area contributed by atoms with E-state index in [0.29, 0.717) is 5.56 Å². The number of rotatable bonds is 2. The lowest BCUT2D eigenvalue weighted by molar-refractivity contribution is -0.138. The van der Waals surface area contributed by atoms with Crippen LogP contribution in [0.3, 0.4) is 0 Å². The molecule has 0 amide bonds. The van der Waals surface area contributed by atoms with Crippen LogP contribution in [0.4, 0.5) is 13.2 Å². The van der Waals surface area contributed by atoms with E-state index < -0.39 is 17.8 Å². The van der Waals surface area contributed by atoms with Gasteiger partial charge in [-0.2, -0.15) is 13.2 Å². The normalized spacial score (nSPS) is 13.6. The van der Waals surface area contributed by atoms with Gasteiger partial charge in [0.15, 0.2) is 0 Å². The Morgan fingerprint density at radius 3 is 2.35 bits per heavy atom. The maximum atomic E-state index is 12.9. The predicted molar refractivity (Wildman–Crippen MR) is 77.0 cm³/mol. The zero-order chi connectivity index (χ0) is 15.1. The molecule has 1 atom stereocenters. The number of aliphatic hydroxyl groups is 1. The molecule has 20 heavy (non-hydrogen) atoms. The molecule has 1 nitrogen and oxygen atoms in total. The van der Waals surface area contributed by atoms with Gasteiger partial charge in [-0.1, -0.05) is 22.0 Å². The highest BCUT2D eigenvalue weighted by molar-refractivity contribution is 9.10. The maximum absolute atomic E-state index is 12.9. The summed E-state index contributed by atoms with van der Waals surface area (Å²) in [6.07, 6.45) is -5.50. The molecule has 0 fully saturated rings. The number of alkyl halides is 3. The van der Waals surface area contributed by atoms with E-state index in [-0.39, 0.29) is 10.0 Å². The van der Waals surface area contributed by atoms with E-state index in [0.717, 1.165) is 15.8 Å².